The van der Waals surface area contributed by atoms with Gasteiger partial charge in [-0.1, -0.05) is 30.3 Å². The lowest BCUT2D eigenvalue weighted by Crippen LogP contribution is -2.03. The lowest BCUT2D eigenvalue weighted by molar-refractivity contribution is 0.0993. The van der Waals surface area contributed by atoms with Crippen molar-refractivity contribution in [1.82, 2.24) is 0 Å². The summed E-state index contributed by atoms with van der Waals surface area (Å²) in [5.41, 5.74) is 1.52. The molecule has 0 aliphatic rings. The molecule has 2 heteroatoms. The molecular weight excluding hydrogens is 203 g/mol. The molecule has 0 saturated carbocycles. The molecule has 0 spiro atoms. The molecule has 0 heterocycles. The second-order valence-corrected chi connectivity index (χ2v) is 3.59. The molecular formula is C14H11FO. The van der Waals surface area contributed by atoms with Gasteiger partial charge in [-0.25, -0.2) is 4.39 Å². The summed E-state index contributed by atoms with van der Waals surface area (Å²) in [5, 5.41) is 0. The summed E-state index contributed by atoms with van der Waals surface area (Å²) in [4.78, 5) is 11.8. The number of halogens is 1. The molecule has 0 radical (unpaired) electrons. The molecule has 0 bridgehead atoms. The van der Waals surface area contributed by atoms with Crippen LogP contribution in [0.5, 0.6) is 0 Å². The van der Waals surface area contributed by atoms with E-state index in [2.05, 4.69) is 0 Å². The van der Waals surface area contributed by atoms with Gasteiger partial charge in [-0.2, -0.15) is 0 Å². The van der Waals surface area contributed by atoms with Gasteiger partial charge in [0.15, 0.2) is 5.78 Å². The van der Waals surface area contributed by atoms with Crippen molar-refractivity contribution in [1.29, 1.82) is 0 Å². The van der Waals surface area contributed by atoms with Crippen LogP contribution < -0.4 is 0 Å². The van der Waals surface area contributed by atoms with Gasteiger partial charge in [0, 0.05) is 12.0 Å². The minimum atomic E-state index is -0.323. The van der Waals surface area contributed by atoms with Gasteiger partial charge < -0.3 is 0 Å². The van der Waals surface area contributed by atoms with Gasteiger partial charge in [-0.3, -0.25) is 4.79 Å². The van der Waals surface area contributed by atoms with Crippen molar-refractivity contribution in [2.45, 2.75) is 6.42 Å². The van der Waals surface area contributed by atoms with E-state index in [9.17, 15) is 9.18 Å². The van der Waals surface area contributed by atoms with Crippen LogP contribution in [0.3, 0.4) is 0 Å². The molecule has 0 unspecified atom stereocenters. The first-order valence-electron chi connectivity index (χ1n) is 5.08. The van der Waals surface area contributed by atoms with Crippen molar-refractivity contribution < 1.29 is 9.18 Å². The fraction of sp³-hybridized carbons (Fsp3) is 0.0714. The third kappa shape index (κ3) is 2.54. The number of benzene rings is 2. The predicted octanol–water partition coefficient (Wildman–Crippen LogP) is 3.25. The molecule has 0 N–H and O–H groups in total. The molecule has 0 aromatic heterocycles. The minimum Gasteiger partial charge on any atom is -0.294 e. The zero-order valence-electron chi connectivity index (χ0n) is 8.69. The Hall–Kier alpha value is -1.96. The second-order valence-electron chi connectivity index (χ2n) is 3.59. The highest BCUT2D eigenvalue weighted by atomic mass is 19.1. The number of hydrogen-bond donors (Lipinski definition) is 0. The molecule has 16 heavy (non-hydrogen) atoms. The van der Waals surface area contributed by atoms with E-state index in [1.165, 1.54) is 24.3 Å². The Morgan fingerprint density at radius 1 is 0.938 bits per heavy atom. The molecule has 2 aromatic carbocycles. The van der Waals surface area contributed by atoms with E-state index in [4.69, 9.17) is 0 Å². The first-order valence-corrected chi connectivity index (χ1v) is 5.08. The van der Waals surface area contributed by atoms with Crippen molar-refractivity contribution in [3.63, 3.8) is 0 Å². The van der Waals surface area contributed by atoms with Crippen LogP contribution in [0.15, 0.2) is 54.6 Å². The van der Waals surface area contributed by atoms with Gasteiger partial charge in [0.05, 0.1) is 0 Å². The summed E-state index contributed by atoms with van der Waals surface area (Å²) in [6.07, 6.45) is 0.354. The van der Waals surface area contributed by atoms with Crippen LogP contribution in [0.4, 0.5) is 4.39 Å². The maximum atomic E-state index is 12.7. The number of Topliss-reactive ketones (excluding diaryl/α,β-unsaturated/α-hetero) is 1. The third-order valence-electron chi connectivity index (χ3n) is 2.37. The quantitative estimate of drug-likeness (QED) is 0.717. The maximum absolute atomic E-state index is 12.7. The molecule has 0 amide bonds. The van der Waals surface area contributed by atoms with E-state index >= 15 is 0 Å². The Morgan fingerprint density at radius 3 is 2.19 bits per heavy atom. The van der Waals surface area contributed by atoms with Gasteiger partial charge in [-0.15, -0.1) is 0 Å². The van der Waals surface area contributed by atoms with Crippen LogP contribution in [-0.4, -0.2) is 5.78 Å². The van der Waals surface area contributed by atoms with E-state index in [1.807, 2.05) is 30.3 Å². The number of ketones is 1. The van der Waals surface area contributed by atoms with Crippen molar-refractivity contribution in [2.24, 2.45) is 0 Å². The Balaban J connectivity index is 2.12. The summed E-state index contributed by atoms with van der Waals surface area (Å²) < 4.78 is 12.7. The molecule has 0 atom stereocenters. The number of hydrogen-bond acceptors (Lipinski definition) is 1. The third-order valence-corrected chi connectivity index (χ3v) is 2.37. The molecule has 0 saturated heterocycles. The van der Waals surface area contributed by atoms with E-state index in [0.717, 1.165) is 5.56 Å². The van der Waals surface area contributed by atoms with E-state index in [1.54, 1.807) is 0 Å². The van der Waals surface area contributed by atoms with Gasteiger partial charge in [0.1, 0.15) is 5.82 Å². The number of carbonyl (C=O) groups excluding carboxylic acids is 1. The van der Waals surface area contributed by atoms with Crippen molar-refractivity contribution >= 4 is 5.78 Å². The average molecular weight is 214 g/mol. The van der Waals surface area contributed by atoms with E-state index in [-0.39, 0.29) is 11.6 Å². The Morgan fingerprint density at radius 2 is 1.56 bits per heavy atom. The standard InChI is InChI=1S/C14H11FO/c15-13-8-6-12(7-9-13)14(16)10-11-4-2-1-3-5-11/h1-9H,10H2. The first kappa shape index (κ1) is 10.6. The topological polar surface area (TPSA) is 17.1 Å². The molecule has 1 nitrogen and oxygen atoms in total. The van der Waals surface area contributed by atoms with Crippen LogP contribution in [0.25, 0.3) is 0 Å². The van der Waals surface area contributed by atoms with Gasteiger partial charge in [0.2, 0.25) is 0 Å². The normalized spacial score (nSPS) is 10.1. The fourth-order valence-corrected chi connectivity index (χ4v) is 1.52. The van der Waals surface area contributed by atoms with Gasteiger partial charge in [-0.05, 0) is 29.8 Å². The highest BCUT2D eigenvalue weighted by molar-refractivity contribution is 5.97. The van der Waals surface area contributed by atoms with E-state index in [0.29, 0.717) is 12.0 Å². The summed E-state index contributed by atoms with van der Waals surface area (Å²) in [7, 11) is 0. The van der Waals surface area contributed by atoms with Crippen LogP contribution in [0, 0.1) is 5.82 Å². The van der Waals surface area contributed by atoms with Crippen molar-refractivity contribution in [3.8, 4) is 0 Å². The molecule has 0 fully saturated rings. The number of rotatable bonds is 3. The zero-order valence-corrected chi connectivity index (χ0v) is 8.69. The van der Waals surface area contributed by atoms with Crippen LogP contribution in [-0.2, 0) is 6.42 Å². The van der Waals surface area contributed by atoms with Crippen LogP contribution in [0.2, 0.25) is 0 Å². The molecule has 0 aliphatic carbocycles. The summed E-state index contributed by atoms with van der Waals surface area (Å²) in [5.74, 6) is -0.317. The first-order chi connectivity index (χ1) is 7.75. The Labute approximate surface area is 93.5 Å². The second kappa shape index (κ2) is 4.71. The molecule has 2 aromatic rings. The zero-order chi connectivity index (χ0) is 11.4. The fourth-order valence-electron chi connectivity index (χ4n) is 1.52. The van der Waals surface area contributed by atoms with Crippen molar-refractivity contribution in [2.75, 3.05) is 0 Å². The largest absolute Gasteiger partial charge is 0.294 e. The van der Waals surface area contributed by atoms with Gasteiger partial charge >= 0.3 is 0 Å². The Bertz CT molecular complexity index is 474. The van der Waals surface area contributed by atoms with Crippen LogP contribution in [0.1, 0.15) is 15.9 Å². The van der Waals surface area contributed by atoms with Gasteiger partial charge in [0.25, 0.3) is 0 Å². The molecule has 2 rings (SSSR count). The van der Waals surface area contributed by atoms with E-state index < -0.39 is 0 Å². The summed E-state index contributed by atoms with van der Waals surface area (Å²) in [6, 6.07) is 15.1. The molecule has 80 valence electrons. The lowest BCUT2D eigenvalue weighted by Gasteiger charge is -2.01. The molecule has 0 aliphatic heterocycles. The Kier molecular flexibility index (Phi) is 3.10. The summed E-state index contributed by atoms with van der Waals surface area (Å²) >= 11 is 0. The smallest absolute Gasteiger partial charge is 0.167 e. The maximum Gasteiger partial charge on any atom is 0.167 e. The highest BCUT2D eigenvalue weighted by Crippen LogP contribution is 2.08. The van der Waals surface area contributed by atoms with Crippen LogP contribution >= 0.6 is 0 Å². The number of carbonyl (C=O) groups is 1. The minimum absolute atomic E-state index is 0.00574. The summed E-state index contributed by atoms with van der Waals surface area (Å²) in [6.45, 7) is 0. The SMILES string of the molecule is O=C(Cc1ccccc1)c1ccc(F)cc1. The van der Waals surface area contributed by atoms with Crippen molar-refractivity contribution in [3.05, 3.63) is 71.5 Å². The predicted molar refractivity (Wildman–Crippen MR) is 60.9 cm³/mol. The average Bonchev–Trinajstić information content (AvgIpc) is 2.31. The highest BCUT2D eigenvalue weighted by Gasteiger charge is 2.06. The lowest BCUT2D eigenvalue weighted by atomic mass is 10.0. The monoisotopic (exact) mass is 214 g/mol.